The average molecular weight is 234 g/mol. The van der Waals surface area contributed by atoms with Gasteiger partial charge in [0.25, 0.3) is 0 Å². The summed E-state index contributed by atoms with van der Waals surface area (Å²) in [7, 11) is 0. The van der Waals surface area contributed by atoms with E-state index >= 15 is 0 Å². The number of imidazole rings is 1. The van der Waals surface area contributed by atoms with E-state index in [4.69, 9.17) is 0 Å². The van der Waals surface area contributed by atoms with Crippen molar-refractivity contribution in [1.29, 1.82) is 0 Å². The average Bonchev–Trinajstić information content (AvgIpc) is 2.95. The summed E-state index contributed by atoms with van der Waals surface area (Å²) in [6.07, 6.45) is 6.17. The van der Waals surface area contributed by atoms with Crippen molar-refractivity contribution in [3.8, 4) is 0 Å². The molecule has 2 N–H and O–H groups in total. The van der Waals surface area contributed by atoms with E-state index in [0.29, 0.717) is 6.04 Å². The van der Waals surface area contributed by atoms with Crippen LogP contribution in [0.15, 0.2) is 18.9 Å². The summed E-state index contributed by atoms with van der Waals surface area (Å²) in [5, 5.41) is 10.0. The first-order valence-corrected chi connectivity index (χ1v) is 5.83. The van der Waals surface area contributed by atoms with Gasteiger partial charge in [-0.05, 0) is 13.8 Å². The van der Waals surface area contributed by atoms with Crippen molar-refractivity contribution in [2.24, 2.45) is 0 Å². The summed E-state index contributed by atoms with van der Waals surface area (Å²) in [4.78, 5) is 8.24. The Labute approximate surface area is 100 Å². The number of hydrogen-bond acceptors (Lipinski definition) is 4. The Bertz CT molecular complexity index is 431. The third-order valence-corrected chi connectivity index (χ3v) is 2.61. The van der Waals surface area contributed by atoms with Crippen molar-refractivity contribution in [1.82, 2.24) is 30.0 Å². The molecule has 6 heteroatoms. The molecule has 0 bridgehead atoms. The van der Waals surface area contributed by atoms with Gasteiger partial charge in [0.1, 0.15) is 12.2 Å². The molecule has 17 heavy (non-hydrogen) atoms. The summed E-state index contributed by atoms with van der Waals surface area (Å²) in [5.74, 6) is 0.912. The first-order valence-electron chi connectivity index (χ1n) is 5.83. The van der Waals surface area contributed by atoms with Crippen LogP contribution in [0, 0.1) is 0 Å². The molecular weight excluding hydrogens is 216 g/mol. The highest BCUT2D eigenvalue weighted by Crippen LogP contribution is 2.08. The molecule has 2 heterocycles. The highest BCUT2D eigenvalue weighted by molar-refractivity contribution is 4.99. The van der Waals surface area contributed by atoms with Crippen LogP contribution in [-0.2, 0) is 13.0 Å². The van der Waals surface area contributed by atoms with Crippen LogP contribution in [0.4, 0.5) is 0 Å². The molecule has 0 saturated heterocycles. The van der Waals surface area contributed by atoms with Crippen LogP contribution in [0.3, 0.4) is 0 Å². The zero-order valence-corrected chi connectivity index (χ0v) is 10.2. The molecule has 0 amide bonds. The van der Waals surface area contributed by atoms with Crippen molar-refractivity contribution in [2.45, 2.75) is 32.9 Å². The number of hydrogen-bond donors (Lipinski definition) is 2. The number of aromatic amines is 1. The number of aromatic nitrogens is 5. The number of rotatable bonds is 6. The summed E-state index contributed by atoms with van der Waals surface area (Å²) in [6, 6.07) is 0.448. The van der Waals surface area contributed by atoms with E-state index in [-0.39, 0.29) is 0 Å². The topological polar surface area (TPSA) is 71.4 Å². The summed E-state index contributed by atoms with van der Waals surface area (Å²) >= 11 is 0. The fourth-order valence-electron chi connectivity index (χ4n) is 1.71. The van der Waals surface area contributed by atoms with E-state index < -0.39 is 0 Å². The maximum atomic E-state index is 4.17. The van der Waals surface area contributed by atoms with E-state index in [2.05, 4.69) is 43.9 Å². The molecule has 0 radical (unpaired) electrons. The molecule has 0 aliphatic heterocycles. The van der Waals surface area contributed by atoms with Crippen LogP contribution < -0.4 is 5.32 Å². The molecule has 2 aromatic heterocycles. The molecule has 0 aliphatic rings. The minimum absolute atomic E-state index is 0.448. The zero-order chi connectivity index (χ0) is 12.1. The van der Waals surface area contributed by atoms with Crippen molar-refractivity contribution >= 4 is 0 Å². The molecule has 0 unspecified atom stereocenters. The van der Waals surface area contributed by atoms with E-state index in [1.165, 1.54) is 12.0 Å². The summed E-state index contributed by atoms with van der Waals surface area (Å²) in [5.41, 5.74) is 1.21. The predicted molar refractivity (Wildman–Crippen MR) is 64.4 cm³/mol. The van der Waals surface area contributed by atoms with Gasteiger partial charge in [-0.3, -0.25) is 5.10 Å². The molecule has 0 aromatic carbocycles. The molecule has 6 nitrogen and oxygen atoms in total. The van der Waals surface area contributed by atoms with Gasteiger partial charge in [-0.25, -0.2) is 9.97 Å². The van der Waals surface area contributed by atoms with E-state index in [1.807, 2.05) is 12.5 Å². The monoisotopic (exact) mass is 234 g/mol. The summed E-state index contributed by atoms with van der Waals surface area (Å²) in [6.45, 7) is 6.00. The molecule has 0 spiro atoms. The van der Waals surface area contributed by atoms with Crippen LogP contribution in [0.25, 0.3) is 0 Å². The van der Waals surface area contributed by atoms with Gasteiger partial charge in [0, 0.05) is 31.7 Å². The summed E-state index contributed by atoms with van der Waals surface area (Å²) < 4.78 is 2.17. The highest BCUT2D eigenvalue weighted by Gasteiger charge is 2.04. The normalized spacial score (nSPS) is 11.2. The maximum absolute atomic E-state index is 4.17. The lowest BCUT2D eigenvalue weighted by Crippen LogP contribution is -2.19. The van der Waals surface area contributed by atoms with Gasteiger partial charge in [0.05, 0.1) is 12.0 Å². The van der Waals surface area contributed by atoms with Crippen LogP contribution in [0.5, 0.6) is 0 Å². The number of nitrogens with one attached hydrogen (secondary N) is 2. The lowest BCUT2D eigenvalue weighted by Gasteiger charge is -2.11. The Kier molecular flexibility index (Phi) is 3.87. The molecular formula is C11H18N6. The van der Waals surface area contributed by atoms with E-state index in [1.54, 1.807) is 0 Å². The predicted octanol–water partition coefficient (Wildman–Crippen LogP) is 0.914. The van der Waals surface area contributed by atoms with Crippen LogP contribution in [0.2, 0.25) is 0 Å². The van der Waals surface area contributed by atoms with Gasteiger partial charge in [0.2, 0.25) is 0 Å². The SMILES string of the molecule is CC(C)n1cncc1CNCCc1ncn[nH]1. The molecule has 2 aromatic rings. The standard InChI is InChI=1S/C11H18N6/c1-9(2)17-8-13-6-10(17)5-12-4-3-11-14-7-15-16-11/h6-9,12H,3-5H2,1-2H3,(H,14,15,16). The minimum Gasteiger partial charge on any atom is -0.331 e. The fraction of sp³-hybridized carbons (Fsp3) is 0.545. The van der Waals surface area contributed by atoms with Crippen LogP contribution >= 0.6 is 0 Å². The van der Waals surface area contributed by atoms with Crippen LogP contribution in [-0.4, -0.2) is 31.3 Å². The quantitative estimate of drug-likeness (QED) is 0.729. The lowest BCUT2D eigenvalue weighted by atomic mass is 10.3. The molecule has 2 rings (SSSR count). The van der Waals surface area contributed by atoms with Crippen molar-refractivity contribution in [3.63, 3.8) is 0 Å². The molecule has 0 aliphatic carbocycles. The Balaban J connectivity index is 1.76. The van der Waals surface area contributed by atoms with Gasteiger partial charge in [0.15, 0.2) is 0 Å². The smallest absolute Gasteiger partial charge is 0.137 e. The largest absolute Gasteiger partial charge is 0.331 e. The van der Waals surface area contributed by atoms with Gasteiger partial charge in [-0.2, -0.15) is 5.10 Å². The third kappa shape index (κ3) is 3.13. The van der Waals surface area contributed by atoms with Gasteiger partial charge < -0.3 is 9.88 Å². The number of H-pyrrole nitrogens is 1. The van der Waals surface area contributed by atoms with Crippen molar-refractivity contribution in [2.75, 3.05) is 6.54 Å². The van der Waals surface area contributed by atoms with E-state index in [9.17, 15) is 0 Å². The van der Waals surface area contributed by atoms with Crippen LogP contribution in [0.1, 0.15) is 31.4 Å². The Morgan fingerprint density at radius 1 is 1.47 bits per heavy atom. The molecule has 0 fully saturated rings. The first-order chi connectivity index (χ1) is 8.27. The zero-order valence-electron chi connectivity index (χ0n) is 10.2. The Morgan fingerprint density at radius 2 is 2.35 bits per heavy atom. The van der Waals surface area contributed by atoms with Gasteiger partial charge in [-0.1, -0.05) is 0 Å². The van der Waals surface area contributed by atoms with Gasteiger partial charge in [-0.15, -0.1) is 0 Å². The fourth-order valence-corrected chi connectivity index (χ4v) is 1.71. The molecule has 92 valence electrons. The lowest BCUT2D eigenvalue weighted by molar-refractivity contribution is 0.550. The Hall–Kier alpha value is -1.69. The second-order valence-corrected chi connectivity index (χ2v) is 4.24. The second kappa shape index (κ2) is 5.58. The molecule has 0 saturated carbocycles. The van der Waals surface area contributed by atoms with Crippen molar-refractivity contribution in [3.05, 3.63) is 30.4 Å². The van der Waals surface area contributed by atoms with E-state index in [0.717, 1.165) is 25.3 Å². The van der Waals surface area contributed by atoms with Crippen molar-refractivity contribution < 1.29 is 0 Å². The second-order valence-electron chi connectivity index (χ2n) is 4.24. The highest BCUT2D eigenvalue weighted by atomic mass is 15.2. The third-order valence-electron chi connectivity index (χ3n) is 2.61. The first kappa shape index (κ1) is 11.8. The number of nitrogens with zero attached hydrogens (tertiary/aromatic N) is 4. The molecule has 0 atom stereocenters. The maximum Gasteiger partial charge on any atom is 0.137 e. The minimum atomic E-state index is 0.448. The Morgan fingerprint density at radius 3 is 3.06 bits per heavy atom. The van der Waals surface area contributed by atoms with Gasteiger partial charge >= 0.3 is 0 Å².